The van der Waals surface area contributed by atoms with E-state index in [2.05, 4.69) is 19.2 Å². The molecule has 1 aliphatic rings. The third kappa shape index (κ3) is 3.74. The molecule has 5 nitrogen and oxygen atoms in total. The number of rotatable bonds is 2. The van der Waals surface area contributed by atoms with Crippen LogP contribution in [0.3, 0.4) is 0 Å². The second-order valence-corrected chi connectivity index (χ2v) is 6.12. The van der Waals surface area contributed by atoms with Crippen LogP contribution in [0, 0.1) is 18.8 Å². The van der Waals surface area contributed by atoms with Crippen molar-refractivity contribution in [3.63, 3.8) is 0 Å². The highest BCUT2D eigenvalue weighted by Crippen LogP contribution is 2.23. The minimum Gasteiger partial charge on any atom is -0.478 e. The first-order valence-corrected chi connectivity index (χ1v) is 7.26. The van der Waals surface area contributed by atoms with Crippen LogP contribution in [0.4, 0.5) is 10.5 Å². The molecule has 2 unspecified atom stereocenters. The summed E-state index contributed by atoms with van der Waals surface area (Å²) in [5, 5.41) is 11.9. The highest BCUT2D eigenvalue weighted by molar-refractivity contribution is 5.94. The number of urea groups is 1. The van der Waals surface area contributed by atoms with Gasteiger partial charge < -0.3 is 15.3 Å². The topological polar surface area (TPSA) is 69.6 Å². The predicted octanol–water partition coefficient (Wildman–Crippen LogP) is 3.20. The number of nitrogens with one attached hydrogen (secondary N) is 1. The molecule has 1 aromatic rings. The van der Waals surface area contributed by atoms with Crippen molar-refractivity contribution in [2.45, 2.75) is 27.2 Å². The van der Waals surface area contributed by atoms with E-state index in [1.807, 2.05) is 11.8 Å². The Labute approximate surface area is 125 Å². The van der Waals surface area contributed by atoms with Crippen LogP contribution in [0.2, 0.25) is 0 Å². The fraction of sp³-hybridized carbons (Fsp3) is 0.500. The summed E-state index contributed by atoms with van der Waals surface area (Å²) in [6.07, 6.45) is 1.14. The van der Waals surface area contributed by atoms with Gasteiger partial charge in [0, 0.05) is 18.8 Å². The van der Waals surface area contributed by atoms with Gasteiger partial charge in [-0.25, -0.2) is 9.59 Å². The van der Waals surface area contributed by atoms with E-state index in [0.717, 1.165) is 25.1 Å². The van der Waals surface area contributed by atoms with E-state index in [-0.39, 0.29) is 11.6 Å². The number of likely N-dealkylation sites (tertiary alicyclic amines) is 1. The zero-order valence-corrected chi connectivity index (χ0v) is 12.7. The predicted molar refractivity (Wildman–Crippen MR) is 81.7 cm³/mol. The van der Waals surface area contributed by atoms with Crippen molar-refractivity contribution in [1.82, 2.24) is 4.90 Å². The van der Waals surface area contributed by atoms with Crippen molar-refractivity contribution in [1.29, 1.82) is 0 Å². The number of piperidine rings is 1. The van der Waals surface area contributed by atoms with E-state index >= 15 is 0 Å². The van der Waals surface area contributed by atoms with Gasteiger partial charge in [-0.3, -0.25) is 0 Å². The number of carboxylic acid groups (broad SMARTS) is 1. The first-order valence-electron chi connectivity index (χ1n) is 7.26. The van der Waals surface area contributed by atoms with Crippen LogP contribution < -0.4 is 5.32 Å². The number of nitrogens with zero attached hydrogens (tertiary/aromatic N) is 1. The Balaban J connectivity index is 2.12. The van der Waals surface area contributed by atoms with Crippen molar-refractivity contribution in [2.24, 2.45) is 11.8 Å². The summed E-state index contributed by atoms with van der Waals surface area (Å²) in [6, 6.07) is 4.60. The molecule has 21 heavy (non-hydrogen) atoms. The molecule has 114 valence electrons. The molecular weight excluding hydrogens is 268 g/mol. The molecule has 0 spiro atoms. The van der Waals surface area contributed by atoms with E-state index < -0.39 is 5.97 Å². The molecule has 2 amide bonds. The Kier molecular flexibility index (Phi) is 4.50. The van der Waals surface area contributed by atoms with Gasteiger partial charge in [0.2, 0.25) is 0 Å². The fourth-order valence-electron chi connectivity index (χ4n) is 2.91. The lowest BCUT2D eigenvalue weighted by molar-refractivity contribution is 0.0697. The van der Waals surface area contributed by atoms with E-state index in [4.69, 9.17) is 5.11 Å². The third-order valence-electron chi connectivity index (χ3n) is 3.88. The molecule has 0 aromatic heterocycles. The van der Waals surface area contributed by atoms with Gasteiger partial charge in [-0.05, 0) is 42.9 Å². The smallest absolute Gasteiger partial charge is 0.335 e. The van der Waals surface area contributed by atoms with E-state index in [0.29, 0.717) is 17.5 Å². The molecule has 2 rings (SSSR count). The van der Waals surface area contributed by atoms with Crippen molar-refractivity contribution >= 4 is 17.7 Å². The molecule has 1 fully saturated rings. The van der Waals surface area contributed by atoms with Crippen molar-refractivity contribution in [2.75, 3.05) is 18.4 Å². The lowest BCUT2D eigenvalue weighted by Gasteiger charge is -2.35. The van der Waals surface area contributed by atoms with Crippen LogP contribution in [0.1, 0.15) is 36.2 Å². The normalized spacial score (nSPS) is 22.0. The van der Waals surface area contributed by atoms with Crippen LogP contribution in [-0.4, -0.2) is 35.1 Å². The Hall–Kier alpha value is -2.04. The summed E-state index contributed by atoms with van der Waals surface area (Å²) in [5.74, 6) is -0.0115. The van der Waals surface area contributed by atoms with Crippen molar-refractivity contribution < 1.29 is 14.7 Å². The number of benzene rings is 1. The van der Waals surface area contributed by atoms with E-state index in [1.165, 1.54) is 6.07 Å². The fourth-order valence-corrected chi connectivity index (χ4v) is 2.91. The van der Waals surface area contributed by atoms with Gasteiger partial charge >= 0.3 is 12.0 Å². The number of carboxylic acids is 1. The first-order chi connectivity index (χ1) is 9.86. The lowest BCUT2D eigenvalue weighted by Crippen LogP contribution is -2.44. The van der Waals surface area contributed by atoms with E-state index in [9.17, 15) is 9.59 Å². The summed E-state index contributed by atoms with van der Waals surface area (Å²) in [4.78, 5) is 25.2. The van der Waals surface area contributed by atoms with Crippen LogP contribution in [-0.2, 0) is 0 Å². The second kappa shape index (κ2) is 6.16. The monoisotopic (exact) mass is 290 g/mol. The highest BCUT2D eigenvalue weighted by Gasteiger charge is 2.25. The number of carbonyl (C=O) groups excluding carboxylic acids is 1. The van der Waals surface area contributed by atoms with Gasteiger partial charge in [-0.1, -0.05) is 19.9 Å². The van der Waals surface area contributed by atoms with Crippen LogP contribution in [0.25, 0.3) is 0 Å². The number of aryl methyl sites for hydroxylation is 1. The first kappa shape index (κ1) is 15.4. The second-order valence-electron chi connectivity index (χ2n) is 6.12. The Morgan fingerprint density at radius 1 is 1.24 bits per heavy atom. The van der Waals surface area contributed by atoms with Gasteiger partial charge in [0.15, 0.2) is 0 Å². The lowest BCUT2D eigenvalue weighted by atomic mass is 9.92. The quantitative estimate of drug-likeness (QED) is 0.878. The Morgan fingerprint density at radius 2 is 1.86 bits per heavy atom. The average Bonchev–Trinajstić information content (AvgIpc) is 2.39. The Bertz CT molecular complexity index is 546. The number of anilines is 1. The van der Waals surface area contributed by atoms with Gasteiger partial charge in [0.25, 0.3) is 0 Å². The molecular formula is C16H22N2O3. The molecule has 1 saturated heterocycles. The molecule has 0 bridgehead atoms. The van der Waals surface area contributed by atoms with Crippen LogP contribution >= 0.6 is 0 Å². The molecule has 1 heterocycles. The maximum atomic E-state index is 12.4. The van der Waals surface area contributed by atoms with Gasteiger partial charge in [-0.15, -0.1) is 0 Å². The molecule has 2 atom stereocenters. The molecule has 0 radical (unpaired) electrons. The minimum atomic E-state index is -0.995. The summed E-state index contributed by atoms with van der Waals surface area (Å²) < 4.78 is 0. The summed E-state index contributed by atoms with van der Waals surface area (Å²) in [6.45, 7) is 7.63. The van der Waals surface area contributed by atoms with Crippen molar-refractivity contribution in [3.8, 4) is 0 Å². The summed E-state index contributed by atoms with van der Waals surface area (Å²) in [7, 11) is 0. The molecule has 0 aliphatic carbocycles. The van der Waals surface area contributed by atoms with Crippen molar-refractivity contribution in [3.05, 3.63) is 29.3 Å². The van der Waals surface area contributed by atoms with Crippen LogP contribution in [0.15, 0.2) is 18.2 Å². The number of hydrogen-bond acceptors (Lipinski definition) is 2. The number of carbonyl (C=O) groups is 2. The molecule has 1 aromatic carbocycles. The average molecular weight is 290 g/mol. The molecule has 1 aliphatic heterocycles. The zero-order chi connectivity index (χ0) is 15.6. The van der Waals surface area contributed by atoms with Gasteiger partial charge in [0.05, 0.1) is 5.56 Å². The summed E-state index contributed by atoms with van der Waals surface area (Å²) >= 11 is 0. The SMILES string of the molecule is Cc1ccc(C(=O)O)cc1NC(=O)N1CC(C)CC(C)C1. The number of amides is 2. The molecule has 0 saturated carbocycles. The van der Waals surface area contributed by atoms with E-state index in [1.54, 1.807) is 12.1 Å². The third-order valence-corrected chi connectivity index (χ3v) is 3.88. The van der Waals surface area contributed by atoms with Crippen LogP contribution in [0.5, 0.6) is 0 Å². The number of aromatic carboxylic acids is 1. The number of hydrogen-bond donors (Lipinski definition) is 2. The van der Waals surface area contributed by atoms with Gasteiger partial charge in [0.1, 0.15) is 0 Å². The Morgan fingerprint density at radius 3 is 2.43 bits per heavy atom. The maximum Gasteiger partial charge on any atom is 0.335 e. The van der Waals surface area contributed by atoms with Gasteiger partial charge in [-0.2, -0.15) is 0 Å². The minimum absolute atomic E-state index is 0.154. The molecule has 2 N–H and O–H groups in total. The largest absolute Gasteiger partial charge is 0.478 e. The highest BCUT2D eigenvalue weighted by atomic mass is 16.4. The standard InChI is InChI=1S/C16H22N2O3/c1-10-6-11(2)9-18(8-10)16(21)17-14-7-13(15(19)20)5-4-12(14)3/h4-5,7,10-11H,6,8-9H2,1-3H3,(H,17,21)(H,19,20). The molecule has 5 heteroatoms. The summed E-state index contributed by atoms with van der Waals surface area (Å²) in [5.41, 5.74) is 1.59. The zero-order valence-electron chi connectivity index (χ0n) is 12.7. The maximum absolute atomic E-state index is 12.4.